The van der Waals surface area contributed by atoms with Crippen molar-refractivity contribution < 1.29 is 60.3 Å². The van der Waals surface area contributed by atoms with Crippen LogP contribution >= 0.6 is 24.1 Å². The lowest BCUT2D eigenvalue weighted by Gasteiger charge is -2.13. The number of fused-ring (bicyclic) bond motifs is 1. The van der Waals surface area contributed by atoms with Gasteiger partial charge in [-0.15, -0.1) is 18.9 Å². The number of hydrogen-bond acceptors (Lipinski definition) is 17. The van der Waals surface area contributed by atoms with Crippen molar-refractivity contribution in [3.05, 3.63) is 66.2 Å². The number of aromatic hydroxyl groups is 1. The van der Waals surface area contributed by atoms with Gasteiger partial charge in [0.25, 0.3) is 20.2 Å². The van der Waals surface area contributed by atoms with Gasteiger partial charge in [-0.05, 0) is 61.0 Å². The molecule has 0 unspecified atom stereocenters. The van der Waals surface area contributed by atoms with Crippen molar-refractivity contribution in [1.82, 2.24) is 0 Å². The van der Waals surface area contributed by atoms with Gasteiger partial charge in [0, 0.05) is 15.7 Å². The fourth-order valence-electron chi connectivity index (χ4n) is 3.75. The summed E-state index contributed by atoms with van der Waals surface area (Å²) in [4.78, 5) is -0.856. The Kier molecular flexibility index (Phi) is 10.6. The number of hydrogen-bond donors (Lipinski definition) is 5. The minimum atomic E-state index is -4.90. The molecule has 0 aromatic heterocycles. The van der Waals surface area contributed by atoms with Crippen molar-refractivity contribution >= 4 is 77.8 Å². The number of rotatable bonds is 12. The normalized spacial score (nSPS) is 12.6. The SMILES string of the molecule is Cc1ccc2c(O)c(N=Nc3ccc(N=Nc4ccc(SOOO)cc4)cc3S(=O)(=O)O)c(SOOO)cc2c1S(=O)(=O)O. The van der Waals surface area contributed by atoms with Gasteiger partial charge >= 0.3 is 0 Å². The first-order chi connectivity index (χ1) is 20.8. The van der Waals surface area contributed by atoms with Gasteiger partial charge in [0.2, 0.25) is 0 Å². The van der Waals surface area contributed by atoms with Crippen molar-refractivity contribution in [1.29, 1.82) is 0 Å². The monoisotopic (exact) mass is 686 g/mol. The molecule has 21 heteroatoms. The van der Waals surface area contributed by atoms with Gasteiger partial charge in [-0.25, -0.2) is 10.5 Å². The van der Waals surface area contributed by atoms with E-state index in [-0.39, 0.29) is 44.6 Å². The molecule has 0 fully saturated rings. The molecule has 0 spiro atoms. The molecule has 0 amide bonds. The Morgan fingerprint density at radius 2 is 1.34 bits per heavy atom. The lowest BCUT2D eigenvalue weighted by molar-refractivity contribution is -0.432. The van der Waals surface area contributed by atoms with Crippen LogP contribution in [-0.2, 0) is 39.0 Å². The molecule has 0 radical (unpaired) electrons. The molecule has 5 N–H and O–H groups in total. The van der Waals surface area contributed by atoms with Crippen molar-refractivity contribution in [2.24, 2.45) is 20.5 Å². The molecule has 0 saturated carbocycles. The zero-order chi connectivity index (χ0) is 32.1. The largest absolute Gasteiger partial charge is 0.505 e. The van der Waals surface area contributed by atoms with Gasteiger partial charge < -0.3 is 5.11 Å². The Morgan fingerprint density at radius 3 is 1.98 bits per heavy atom. The molecule has 0 saturated heterocycles. The number of aryl methyl sites for hydroxylation is 1. The van der Waals surface area contributed by atoms with E-state index in [4.69, 9.17) is 10.5 Å². The van der Waals surface area contributed by atoms with E-state index in [0.29, 0.717) is 10.6 Å². The minimum Gasteiger partial charge on any atom is -0.505 e. The third-order valence-electron chi connectivity index (χ3n) is 5.55. The molecule has 0 heterocycles. The molecule has 4 aromatic rings. The van der Waals surface area contributed by atoms with Crippen LogP contribution in [0.2, 0.25) is 0 Å². The smallest absolute Gasteiger partial charge is 0.296 e. The highest BCUT2D eigenvalue weighted by atomic mass is 32.2. The summed E-state index contributed by atoms with van der Waals surface area (Å²) in [5, 5.41) is 50.3. The Bertz CT molecular complexity index is 1970. The number of benzene rings is 4. The van der Waals surface area contributed by atoms with Gasteiger partial charge in [0.15, 0.2) is 5.75 Å². The Hall–Kier alpha value is -3.58. The summed E-state index contributed by atoms with van der Waals surface area (Å²) in [5.41, 5.74) is -0.269. The molecule has 0 atom stereocenters. The van der Waals surface area contributed by atoms with Crippen molar-refractivity contribution in [2.75, 3.05) is 0 Å². The molecule has 0 bridgehead atoms. The van der Waals surface area contributed by atoms with E-state index in [2.05, 4.69) is 39.2 Å². The molecule has 0 aliphatic carbocycles. The Balaban J connectivity index is 1.75. The van der Waals surface area contributed by atoms with E-state index in [9.17, 15) is 31.0 Å². The maximum absolute atomic E-state index is 12.2. The van der Waals surface area contributed by atoms with Crippen molar-refractivity contribution in [3.8, 4) is 5.75 Å². The summed E-state index contributed by atoms with van der Waals surface area (Å²) in [6.07, 6.45) is 0. The first kappa shape index (κ1) is 33.3. The van der Waals surface area contributed by atoms with Crippen LogP contribution in [0.4, 0.5) is 22.7 Å². The van der Waals surface area contributed by atoms with E-state index >= 15 is 0 Å². The average molecular weight is 687 g/mol. The zero-order valence-electron chi connectivity index (χ0n) is 21.7. The zero-order valence-corrected chi connectivity index (χ0v) is 25.0. The molecule has 0 aliphatic heterocycles. The van der Waals surface area contributed by atoms with Crippen LogP contribution in [0.3, 0.4) is 0 Å². The van der Waals surface area contributed by atoms with E-state index in [0.717, 1.165) is 30.2 Å². The standard InChI is InChI=1S/C23H18N4O13S4/c1-12-2-8-16-17(23(12)44(34,35)36)11-19(42-40-38-30)21(22(16)28)27-26-18-9-5-14(10-20(18)43(31,32)33)25-24-13-3-6-15(7-4-13)41-39-37-29/h2-11,28-30H,1H3,(H,31,32,33)(H,34,35,36). The molecule has 4 aromatic carbocycles. The lowest BCUT2D eigenvalue weighted by Crippen LogP contribution is -2.02. The van der Waals surface area contributed by atoms with Crippen LogP contribution in [-0.4, -0.2) is 41.6 Å². The maximum Gasteiger partial charge on any atom is 0.296 e. The molecular formula is C23H18N4O13S4. The van der Waals surface area contributed by atoms with Crippen LogP contribution < -0.4 is 0 Å². The van der Waals surface area contributed by atoms with Gasteiger partial charge in [-0.2, -0.15) is 27.1 Å². The van der Waals surface area contributed by atoms with Crippen LogP contribution in [0.5, 0.6) is 5.75 Å². The summed E-state index contributed by atoms with van der Waals surface area (Å²) in [5.74, 6) is -0.654. The summed E-state index contributed by atoms with van der Waals surface area (Å²) >= 11 is 1.00. The lowest BCUT2D eigenvalue weighted by atomic mass is 10.1. The van der Waals surface area contributed by atoms with Crippen LogP contribution in [0.1, 0.15) is 5.56 Å². The molecule has 0 aliphatic rings. The van der Waals surface area contributed by atoms with E-state index in [1.54, 1.807) is 12.1 Å². The molecular weight excluding hydrogens is 669 g/mol. The van der Waals surface area contributed by atoms with E-state index < -0.39 is 41.5 Å². The van der Waals surface area contributed by atoms with Crippen LogP contribution in [0, 0.1) is 6.92 Å². The second-order valence-electron chi connectivity index (χ2n) is 8.33. The quantitative estimate of drug-likeness (QED) is 0.0329. The summed E-state index contributed by atoms with van der Waals surface area (Å²) in [6, 6.07) is 13.5. The van der Waals surface area contributed by atoms with Crippen molar-refractivity contribution in [3.63, 3.8) is 0 Å². The third kappa shape index (κ3) is 7.92. The highest BCUT2D eigenvalue weighted by Gasteiger charge is 2.23. The minimum absolute atomic E-state index is 0.00144. The Labute approximate surface area is 256 Å². The molecule has 4 rings (SSSR count). The second-order valence-corrected chi connectivity index (χ2v) is 12.6. The van der Waals surface area contributed by atoms with Crippen LogP contribution in [0.15, 0.2) is 101 Å². The van der Waals surface area contributed by atoms with Crippen LogP contribution in [0.25, 0.3) is 10.8 Å². The topological polar surface area (TPSA) is 256 Å². The molecule has 17 nitrogen and oxygen atoms in total. The van der Waals surface area contributed by atoms with Gasteiger partial charge in [-0.3, -0.25) is 9.11 Å². The number of phenolic OH excluding ortho intramolecular Hbond substituents is 1. The highest BCUT2D eigenvalue weighted by Crippen LogP contribution is 2.46. The number of azo groups is 2. The van der Waals surface area contributed by atoms with Gasteiger partial charge in [0.05, 0.1) is 40.4 Å². The fraction of sp³-hybridized carbons (Fsp3) is 0.0435. The van der Waals surface area contributed by atoms with Gasteiger partial charge in [-0.1, -0.05) is 22.2 Å². The summed E-state index contributed by atoms with van der Waals surface area (Å²) < 4.78 is 76.8. The highest BCUT2D eigenvalue weighted by molar-refractivity contribution is 7.95. The van der Waals surface area contributed by atoms with E-state index in [1.165, 1.54) is 37.3 Å². The number of phenols is 1. The summed E-state index contributed by atoms with van der Waals surface area (Å²) in [6.45, 7) is 1.41. The molecule has 44 heavy (non-hydrogen) atoms. The fourth-order valence-corrected chi connectivity index (χ4v) is 6.16. The maximum atomic E-state index is 12.2. The molecule has 232 valence electrons. The predicted molar refractivity (Wildman–Crippen MR) is 153 cm³/mol. The van der Waals surface area contributed by atoms with Gasteiger partial charge in [0.1, 0.15) is 21.2 Å². The first-order valence-electron chi connectivity index (χ1n) is 11.4. The summed E-state index contributed by atoms with van der Waals surface area (Å²) in [7, 11) is -9.66. The second kappa shape index (κ2) is 14.0. The Morgan fingerprint density at radius 1 is 0.705 bits per heavy atom. The van der Waals surface area contributed by atoms with E-state index in [1.807, 2.05) is 0 Å². The van der Waals surface area contributed by atoms with Crippen molar-refractivity contribution in [2.45, 2.75) is 26.5 Å². The third-order valence-corrected chi connectivity index (χ3v) is 8.70. The first-order valence-corrected chi connectivity index (χ1v) is 15.8. The average Bonchev–Trinajstić information content (AvgIpc) is 2.97. The number of nitrogens with zero attached hydrogens (tertiary/aromatic N) is 4. The predicted octanol–water partition coefficient (Wildman–Crippen LogP) is 7.03.